The van der Waals surface area contributed by atoms with Crippen LogP contribution in [0.1, 0.15) is 0 Å². The number of hydrogen-bond acceptors (Lipinski definition) is 4. The largest absolute Gasteiger partial charge is 0.354 e. The minimum absolute atomic E-state index is 0. The van der Waals surface area contributed by atoms with Gasteiger partial charge in [0.05, 0.1) is 12.4 Å². The van der Waals surface area contributed by atoms with Crippen molar-refractivity contribution in [3.63, 3.8) is 0 Å². The van der Waals surface area contributed by atoms with Gasteiger partial charge in [-0.15, -0.1) is 12.4 Å². The molecule has 0 unspecified atom stereocenters. The number of hydrogen-bond donors (Lipinski definition) is 1. The van der Waals surface area contributed by atoms with Crippen LogP contribution in [0.3, 0.4) is 0 Å². The van der Waals surface area contributed by atoms with Crippen molar-refractivity contribution in [1.29, 1.82) is 0 Å². The summed E-state index contributed by atoms with van der Waals surface area (Å²) in [7, 11) is 1.93. The Morgan fingerprint density at radius 2 is 1.95 bits per heavy atom. The van der Waals surface area contributed by atoms with Crippen molar-refractivity contribution in [1.82, 2.24) is 24.5 Å². The summed E-state index contributed by atoms with van der Waals surface area (Å²) in [5.41, 5.74) is 3.24. The molecule has 0 aromatic carbocycles. The highest BCUT2D eigenvalue weighted by molar-refractivity contribution is 5.85. The van der Waals surface area contributed by atoms with Gasteiger partial charge in [-0.3, -0.25) is 9.08 Å². The molecule has 22 heavy (non-hydrogen) atoms. The average Bonchev–Trinajstić information content (AvgIpc) is 3.13. The molecular formula is C15H19ClN6. The Bertz CT molecular complexity index is 771. The third-order valence-electron chi connectivity index (χ3n) is 3.97. The van der Waals surface area contributed by atoms with Crippen molar-refractivity contribution in [2.75, 3.05) is 31.1 Å². The molecule has 1 aliphatic rings. The van der Waals surface area contributed by atoms with Gasteiger partial charge in [0.15, 0.2) is 0 Å². The lowest BCUT2D eigenvalue weighted by Gasteiger charge is -2.28. The zero-order valence-corrected chi connectivity index (χ0v) is 13.3. The number of nitrogens with one attached hydrogen (secondary N) is 1. The first-order valence-corrected chi connectivity index (χ1v) is 7.23. The van der Waals surface area contributed by atoms with Crippen LogP contribution >= 0.6 is 12.4 Å². The molecule has 0 bridgehead atoms. The van der Waals surface area contributed by atoms with Crippen LogP contribution < -0.4 is 10.2 Å². The van der Waals surface area contributed by atoms with E-state index in [1.807, 2.05) is 30.3 Å². The molecule has 0 radical (unpaired) electrons. The number of imidazole rings is 1. The molecule has 1 fully saturated rings. The second-order valence-corrected chi connectivity index (χ2v) is 5.40. The number of nitrogens with zero attached hydrogens (tertiary/aromatic N) is 5. The summed E-state index contributed by atoms with van der Waals surface area (Å²) in [5.74, 6) is 1.17. The fraction of sp³-hybridized carbons (Fsp3) is 0.333. The fourth-order valence-electron chi connectivity index (χ4n) is 2.85. The van der Waals surface area contributed by atoms with Crippen LogP contribution in [-0.4, -0.2) is 45.3 Å². The van der Waals surface area contributed by atoms with Gasteiger partial charge in [0.1, 0.15) is 11.5 Å². The highest BCUT2D eigenvalue weighted by Crippen LogP contribution is 2.23. The van der Waals surface area contributed by atoms with E-state index in [1.165, 1.54) is 5.82 Å². The van der Waals surface area contributed by atoms with E-state index in [-0.39, 0.29) is 12.4 Å². The normalized spacial score (nSPS) is 15.0. The number of piperazine rings is 1. The quantitative estimate of drug-likeness (QED) is 0.779. The van der Waals surface area contributed by atoms with E-state index >= 15 is 0 Å². The van der Waals surface area contributed by atoms with Gasteiger partial charge >= 0.3 is 0 Å². The molecule has 0 amide bonds. The number of aromatic nitrogens is 4. The molecule has 0 aliphatic carbocycles. The Morgan fingerprint density at radius 1 is 1.14 bits per heavy atom. The molecule has 3 aromatic heterocycles. The van der Waals surface area contributed by atoms with E-state index in [0.717, 1.165) is 43.0 Å². The first kappa shape index (κ1) is 14.9. The number of pyridine rings is 1. The molecule has 6 nitrogen and oxygen atoms in total. The molecule has 1 aliphatic heterocycles. The number of aryl methyl sites for hydroxylation is 1. The predicted molar refractivity (Wildman–Crippen MR) is 89.7 cm³/mol. The van der Waals surface area contributed by atoms with Gasteiger partial charge in [0.25, 0.3) is 0 Å². The van der Waals surface area contributed by atoms with Crippen molar-refractivity contribution in [2.24, 2.45) is 7.05 Å². The van der Waals surface area contributed by atoms with Crippen LogP contribution in [0.4, 0.5) is 5.82 Å². The maximum Gasteiger partial charge on any atom is 0.138 e. The number of fused-ring (bicyclic) bond motifs is 1. The van der Waals surface area contributed by atoms with Crippen LogP contribution in [0.25, 0.3) is 16.8 Å². The molecule has 4 rings (SSSR count). The SMILES string of the molecule is Cl.Cn1cc(-c2ccn3c(N4CCNCC4)cnc3c2)cn1. The van der Waals surface area contributed by atoms with Gasteiger partial charge in [0.2, 0.25) is 0 Å². The number of anilines is 1. The van der Waals surface area contributed by atoms with Crippen LogP contribution in [0.2, 0.25) is 0 Å². The lowest BCUT2D eigenvalue weighted by atomic mass is 10.1. The lowest BCUT2D eigenvalue weighted by molar-refractivity contribution is 0.584. The monoisotopic (exact) mass is 318 g/mol. The molecule has 1 saturated heterocycles. The van der Waals surface area contributed by atoms with Crippen molar-refractivity contribution < 1.29 is 0 Å². The summed E-state index contributed by atoms with van der Waals surface area (Å²) in [6, 6.07) is 4.24. The van der Waals surface area contributed by atoms with Crippen molar-refractivity contribution in [3.8, 4) is 11.1 Å². The van der Waals surface area contributed by atoms with Gasteiger partial charge in [-0.2, -0.15) is 5.10 Å². The average molecular weight is 319 g/mol. The Labute approximate surface area is 135 Å². The maximum atomic E-state index is 4.56. The van der Waals surface area contributed by atoms with Crippen molar-refractivity contribution in [3.05, 3.63) is 36.9 Å². The summed E-state index contributed by atoms with van der Waals surface area (Å²) in [4.78, 5) is 6.94. The van der Waals surface area contributed by atoms with Gasteiger partial charge in [-0.25, -0.2) is 4.98 Å². The first-order valence-electron chi connectivity index (χ1n) is 7.23. The lowest BCUT2D eigenvalue weighted by Crippen LogP contribution is -2.44. The first-order chi connectivity index (χ1) is 10.3. The van der Waals surface area contributed by atoms with E-state index in [1.54, 1.807) is 0 Å². The summed E-state index contributed by atoms with van der Waals surface area (Å²) in [6.07, 6.45) is 7.97. The topological polar surface area (TPSA) is 50.4 Å². The van der Waals surface area contributed by atoms with Crippen LogP contribution in [-0.2, 0) is 7.05 Å². The van der Waals surface area contributed by atoms with Gasteiger partial charge in [-0.05, 0) is 17.7 Å². The number of halogens is 1. The molecule has 0 spiro atoms. The second kappa shape index (κ2) is 5.98. The summed E-state index contributed by atoms with van der Waals surface area (Å²) >= 11 is 0. The summed E-state index contributed by atoms with van der Waals surface area (Å²) < 4.78 is 3.97. The van der Waals surface area contributed by atoms with Gasteiger partial charge < -0.3 is 10.2 Å². The van der Waals surface area contributed by atoms with Gasteiger partial charge in [-0.1, -0.05) is 0 Å². The summed E-state index contributed by atoms with van der Waals surface area (Å²) in [6.45, 7) is 4.11. The molecule has 1 N–H and O–H groups in total. The minimum Gasteiger partial charge on any atom is -0.354 e. The second-order valence-electron chi connectivity index (χ2n) is 5.40. The van der Waals surface area contributed by atoms with Crippen molar-refractivity contribution in [2.45, 2.75) is 0 Å². The zero-order chi connectivity index (χ0) is 14.2. The maximum absolute atomic E-state index is 4.56. The smallest absolute Gasteiger partial charge is 0.138 e. The molecular weight excluding hydrogens is 300 g/mol. The Hall–Kier alpha value is -2.05. The van der Waals surface area contributed by atoms with E-state index in [9.17, 15) is 0 Å². The highest BCUT2D eigenvalue weighted by Gasteiger charge is 2.15. The fourth-order valence-corrected chi connectivity index (χ4v) is 2.85. The van der Waals surface area contributed by atoms with E-state index < -0.39 is 0 Å². The third-order valence-corrected chi connectivity index (χ3v) is 3.97. The van der Waals surface area contributed by atoms with E-state index in [0.29, 0.717) is 0 Å². The molecule has 7 heteroatoms. The zero-order valence-electron chi connectivity index (χ0n) is 12.4. The van der Waals surface area contributed by atoms with E-state index in [4.69, 9.17) is 0 Å². The summed E-state index contributed by atoms with van der Waals surface area (Å²) in [5, 5.41) is 7.60. The predicted octanol–water partition coefficient (Wildman–Crippen LogP) is 1.57. The highest BCUT2D eigenvalue weighted by atomic mass is 35.5. The van der Waals surface area contributed by atoms with Crippen molar-refractivity contribution >= 4 is 23.9 Å². The van der Waals surface area contributed by atoms with Crippen LogP contribution in [0, 0.1) is 0 Å². The molecule has 116 valence electrons. The van der Waals surface area contributed by atoms with Gasteiger partial charge in [0, 0.05) is 51.2 Å². The Morgan fingerprint density at radius 3 is 2.68 bits per heavy atom. The molecule has 0 saturated carbocycles. The number of rotatable bonds is 2. The molecule has 4 heterocycles. The molecule has 3 aromatic rings. The Balaban J connectivity index is 0.00000144. The standard InChI is InChI=1S/C15H18N6.ClH/c1-19-11-13(9-18-19)12-2-5-21-14(8-12)17-10-15(21)20-6-3-16-4-7-20;/h2,5,8-11,16H,3-4,6-7H2,1H3;1H. The molecule has 0 atom stereocenters. The van der Waals surface area contributed by atoms with E-state index in [2.05, 4.69) is 43.0 Å². The third kappa shape index (κ3) is 2.55. The van der Waals surface area contributed by atoms with Crippen LogP contribution in [0.15, 0.2) is 36.9 Å². The minimum atomic E-state index is 0. The Kier molecular flexibility index (Phi) is 4.04. The van der Waals surface area contributed by atoms with Crippen LogP contribution in [0.5, 0.6) is 0 Å².